The van der Waals surface area contributed by atoms with Gasteiger partial charge in [0, 0.05) is 6.42 Å². The zero-order valence-electron chi connectivity index (χ0n) is 18.6. The van der Waals surface area contributed by atoms with E-state index in [9.17, 15) is 20.1 Å². The third-order valence-electron chi connectivity index (χ3n) is 5.59. The second-order valence-corrected chi connectivity index (χ2v) is 8.21. The fraction of sp³-hybridized carbons (Fsp3) is 0.870. The van der Waals surface area contributed by atoms with Crippen LogP contribution in [-0.4, -0.2) is 65.1 Å². The van der Waals surface area contributed by atoms with Crippen molar-refractivity contribution in [2.75, 3.05) is 13.2 Å². The first-order valence-corrected chi connectivity index (χ1v) is 11.7. The number of ether oxygens (including phenoxy) is 2. The van der Waals surface area contributed by atoms with Crippen LogP contribution in [0.5, 0.6) is 0 Å². The highest BCUT2D eigenvalue weighted by Gasteiger charge is 2.45. The van der Waals surface area contributed by atoms with Gasteiger partial charge >= 0.3 is 0 Å². The van der Waals surface area contributed by atoms with Crippen molar-refractivity contribution < 1.29 is 29.6 Å². The topological polar surface area (TPSA) is 108 Å². The zero-order chi connectivity index (χ0) is 22.2. The first-order chi connectivity index (χ1) is 14.5. The molecule has 0 aromatic carbocycles. The molecule has 1 unspecified atom stereocenters. The summed E-state index contributed by atoms with van der Waals surface area (Å²) < 4.78 is 11.0. The lowest BCUT2D eigenvalue weighted by Crippen LogP contribution is -2.64. The van der Waals surface area contributed by atoms with Gasteiger partial charge in [-0.1, -0.05) is 77.2 Å². The van der Waals surface area contributed by atoms with Crippen molar-refractivity contribution in [2.45, 2.75) is 115 Å². The minimum absolute atomic E-state index is 0.163. The van der Waals surface area contributed by atoms with Crippen LogP contribution in [0.2, 0.25) is 0 Å². The molecule has 1 aliphatic heterocycles. The Morgan fingerprint density at radius 1 is 1.00 bits per heavy atom. The molecule has 176 valence electrons. The number of nitrogens with one attached hydrogen (secondary N) is 1. The van der Waals surface area contributed by atoms with Gasteiger partial charge in [-0.15, -0.1) is 6.58 Å². The van der Waals surface area contributed by atoms with Crippen molar-refractivity contribution in [1.29, 1.82) is 0 Å². The molecule has 0 aromatic heterocycles. The predicted octanol–water partition coefficient (Wildman–Crippen LogP) is 2.81. The van der Waals surface area contributed by atoms with E-state index in [0.717, 1.165) is 19.3 Å². The van der Waals surface area contributed by atoms with Gasteiger partial charge in [-0.05, 0) is 6.42 Å². The van der Waals surface area contributed by atoms with E-state index in [-0.39, 0.29) is 12.5 Å². The van der Waals surface area contributed by atoms with Gasteiger partial charge in [0.2, 0.25) is 5.91 Å². The average molecular weight is 430 g/mol. The van der Waals surface area contributed by atoms with Crippen molar-refractivity contribution in [3.63, 3.8) is 0 Å². The molecule has 1 rings (SSSR count). The number of aliphatic hydroxyl groups excluding tert-OH is 3. The molecule has 7 nitrogen and oxygen atoms in total. The molecular weight excluding hydrogens is 386 g/mol. The minimum Gasteiger partial charge on any atom is -0.394 e. The molecule has 1 fully saturated rings. The molecule has 0 aromatic rings. The van der Waals surface area contributed by atoms with Crippen LogP contribution in [0.4, 0.5) is 0 Å². The van der Waals surface area contributed by atoms with Crippen LogP contribution < -0.4 is 5.32 Å². The summed E-state index contributed by atoms with van der Waals surface area (Å²) >= 11 is 0. The largest absolute Gasteiger partial charge is 0.394 e. The monoisotopic (exact) mass is 429 g/mol. The van der Waals surface area contributed by atoms with E-state index in [0.29, 0.717) is 6.42 Å². The maximum atomic E-state index is 12.3. The molecule has 0 saturated carbocycles. The van der Waals surface area contributed by atoms with Gasteiger partial charge in [0.05, 0.1) is 13.2 Å². The van der Waals surface area contributed by atoms with Gasteiger partial charge in [0.15, 0.2) is 6.29 Å². The second kappa shape index (κ2) is 16.7. The highest BCUT2D eigenvalue weighted by molar-refractivity contribution is 5.76. The van der Waals surface area contributed by atoms with E-state index in [1.54, 1.807) is 0 Å². The van der Waals surface area contributed by atoms with Crippen molar-refractivity contribution in [2.24, 2.45) is 0 Å². The molecule has 0 aliphatic carbocycles. The normalized spacial score (nSPS) is 26.5. The standard InChI is InChI=1S/C23H43NO6/c1-3-5-6-7-8-9-10-11-12-13-14-15-19(26)24-20-22(28)21(27)18(17-25)30-23(20)29-16-4-2/h4,18,20-23,25,27-28H,2-3,5-17H2,1H3,(H,24,26)/t18-,20-,21-,22-,23?/m1/s1. The summed E-state index contributed by atoms with van der Waals surface area (Å²) in [5.41, 5.74) is 0. The molecule has 30 heavy (non-hydrogen) atoms. The highest BCUT2D eigenvalue weighted by atomic mass is 16.7. The molecule has 1 heterocycles. The van der Waals surface area contributed by atoms with Gasteiger partial charge in [-0.2, -0.15) is 0 Å². The van der Waals surface area contributed by atoms with Crippen LogP contribution in [0.25, 0.3) is 0 Å². The number of hydrogen-bond donors (Lipinski definition) is 4. The number of rotatable bonds is 17. The third-order valence-corrected chi connectivity index (χ3v) is 5.59. The first kappa shape index (κ1) is 27.0. The maximum absolute atomic E-state index is 12.3. The molecule has 0 spiro atoms. The zero-order valence-corrected chi connectivity index (χ0v) is 18.6. The van der Waals surface area contributed by atoms with Gasteiger partial charge in [-0.25, -0.2) is 0 Å². The lowest BCUT2D eigenvalue weighted by atomic mass is 9.96. The molecule has 1 saturated heterocycles. The Labute approximate surface area is 181 Å². The van der Waals surface area contributed by atoms with Crippen molar-refractivity contribution in [1.82, 2.24) is 5.32 Å². The maximum Gasteiger partial charge on any atom is 0.220 e. The second-order valence-electron chi connectivity index (χ2n) is 8.21. The Morgan fingerprint density at radius 3 is 2.10 bits per heavy atom. The lowest BCUT2D eigenvalue weighted by Gasteiger charge is -2.42. The number of carbonyl (C=O) groups is 1. The van der Waals surface area contributed by atoms with E-state index < -0.39 is 37.3 Å². The fourth-order valence-electron chi connectivity index (χ4n) is 3.75. The first-order valence-electron chi connectivity index (χ1n) is 11.7. The van der Waals surface area contributed by atoms with Crippen LogP contribution >= 0.6 is 0 Å². The van der Waals surface area contributed by atoms with E-state index in [4.69, 9.17) is 9.47 Å². The summed E-state index contributed by atoms with van der Waals surface area (Å²) in [6, 6.07) is -0.900. The van der Waals surface area contributed by atoms with Crippen LogP contribution in [0.15, 0.2) is 12.7 Å². The quantitative estimate of drug-likeness (QED) is 0.209. The number of amides is 1. The Balaban J connectivity index is 2.24. The van der Waals surface area contributed by atoms with Gasteiger partial charge in [0.25, 0.3) is 0 Å². The number of carbonyl (C=O) groups excluding carboxylic acids is 1. The number of hydrogen-bond acceptors (Lipinski definition) is 6. The molecule has 4 N–H and O–H groups in total. The third kappa shape index (κ3) is 10.4. The Morgan fingerprint density at radius 2 is 1.57 bits per heavy atom. The Bertz CT molecular complexity index is 461. The molecule has 1 amide bonds. The summed E-state index contributed by atoms with van der Waals surface area (Å²) in [6.45, 7) is 5.51. The summed E-state index contributed by atoms with van der Waals surface area (Å²) in [5, 5.41) is 32.5. The van der Waals surface area contributed by atoms with E-state index in [1.807, 2.05) is 0 Å². The average Bonchev–Trinajstić information content (AvgIpc) is 2.74. The smallest absolute Gasteiger partial charge is 0.220 e. The highest BCUT2D eigenvalue weighted by Crippen LogP contribution is 2.22. The summed E-state index contributed by atoms with van der Waals surface area (Å²) in [4.78, 5) is 12.3. The van der Waals surface area contributed by atoms with Crippen LogP contribution in [-0.2, 0) is 14.3 Å². The van der Waals surface area contributed by atoms with E-state index >= 15 is 0 Å². The number of unbranched alkanes of at least 4 members (excludes halogenated alkanes) is 10. The van der Waals surface area contributed by atoms with Gasteiger partial charge in [-0.3, -0.25) is 4.79 Å². The summed E-state index contributed by atoms with van der Waals surface area (Å²) in [7, 11) is 0. The van der Waals surface area contributed by atoms with Crippen LogP contribution in [0.1, 0.15) is 84.0 Å². The van der Waals surface area contributed by atoms with Crippen LogP contribution in [0, 0.1) is 0 Å². The molecule has 0 radical (unpaired) electrons. The molecule has 0 bridgehead atoms. The van der Waals surface area contributed by atoms with Crippen molar-refractivity contribution in [3.8, 4) is 0 Å². The lowest BCUT2D eigenvalue weighted by molar-refractivity contribution is -0.267. The molecular formula is C23H43NO6. The SMILES string of the molecule is C=CCOC1O[C@H](CO)[C@@H](O)[C@H](O)[C@H]1NC(=O)CCCCCCCCCCCCC. The summed E-state index contributed by atoms with van der Waals surface area (Å²) in [6.07, 6.45) is 10.7. The Hall–Kier alpha value is -0.990. The minimum atomic E-state index is -1.30. The molecule has 5 atom stereocenters. The van der Waals surface area contributed by atoms with Crippen molar-refractivity contribution >= 4 is 5.91 Å². The fourth-order valence-corrected chi connectivity index (χ4v) is 3.75. The number of aliphatic hydroxyl groups is 3. The van der Waals surface area contributed by atoms with Gasteiger partial charge in [0.1, 0.15) is 24.4 Å². The van der Waals surface area contributed by atoms with Crippen molar-refractivity contribution in [3.05, 3.63) is 12.7 Å². The summed E-state index contributed by atoms with van der Waals surface area (Å²) in [5.74, 6) is -0.208. The molecule has 7 heteroatoms. The van der Waals surface area contributed by atoms with Crippen LogP contribution in [0.3, 0.4) is 0 Å². The van der Waals surface area contributed by atoms with E-state index in [2.05, 4.69) is 18.8 Å². The predicted molar refractivity (Wildman–Crippen MR) is 117 cm³/mol. The Kier molecular flexibility index (Phi) is 15.0. The molecule has 1 aliphatic rings. The van der Waals surface area contributed by atoms with E-state index in [1.165, 1.54) is 57.4 Å². The van der Waals surface area contributed by atoms with Gasteiger partial charge < -0.3 is 30.1 Å².